The van der Waals surface area contributed by atoms with Crippen molar-refractivity contribution >= 4 is 34.7 Å². The number of amides is 1. The van der Waals surface area contributed by atoms with E-state index in [0.29, 0.717) is 5.56 Å². The number of esters is 2. The SMILES string of the molecule is CO[C@H]1O[C@H](CSC(C)=O)[C@@H](OC(C)=O)[C@H](OC(C)=O)[C@H]1NC(=O)c1ccccc1. The van der Waals surface area contributed by atoms with Gasteiger partial charge in [-0.3, -0.25) is 19.2 Å². The van der Waals surface area contributed by atoms with E-state index in [0.717, 1.165) is 11.8 Å². The van der Waals surface area contributed by atoms with Crippen molar-refractivity contribution in [2.45, 2.75) is 51.4 Å². The van der Waals surface area contributed by atoms with Gasteiger partial charge in [0.05, 0.1) is 0 Å². The van der Waals surface area contributed by atoms with Gasteiger partial charge in [-0.1, -0.05) is 30.0 Å². The average molecular weight is 439 g/mol. The molecule has 0 radical (unpaired) electrons. The lowest BCUT2D eigenvalue weighted by Gasteiger charge is -2.44. The summed E-state index contributed by atoms with van der Waals surface area (Å²) in [5, 5.41) is 2.59. The summed E-state index contributed by atoms with van der Waals surface area (Å²) in [5.74, 6) is -1.56. The lowest BCUT2D eigenvalue weighted by Crippen LogP contribution is -2.66. The van der Waals surface area contributed by atoms with Crippen LogP contribution in [-0.4, -0.2) is 66.5 Å². The van der Waals surface area contributed by atoms with Gasteiger partial charge in [-0.05, 0) is 12.1 Å². The van der Waals surface area contributed by atoms with Gasteiger partial charge in [-0.25, -0.2) is 0 Å². The van der Waals surface area contributed by atoms with E-state index in [2.05, 4.69) is 5.32 Å². The van der Waals surface area contributed by atoms with Crippen molar-refractivity contribution in [2.75, 3.05) is 12.9 Å². The standard InChI is InChI=1S/C20H25NO8S/c1-11(22)27-17-15(10-30-13(3)24)29-20(26-4)16(18(17)28-12(2)23)21-19(25)14-8-6-5-7-9-14/h5-9,15-18,20H,10H2,1-4H3,(H,21,25)/t15-,16-,17-,18-,20+/m1/s1. The summed E-state index contributed by atoms with van der Waals surface area (Å²) in [5.41, 5.74) is 0.382. The van der Waals surface area contributed by atoms with Crippen LogP contribution in [0.15, 0.2) is 30.3 Å². The van der Waals surface area contributed by atoms with Crippen molar-refractivity contribution in [1.82, 2.24) is 5.32 Å². The summed E-state index contributed by atoms with van der Waals surface area (Å²) in [4.78, 5) is 47.6. The summed E-state index contributed by atoms with van der Waals surface area (Å²) in [6.45, 7) is 3.81. The maximum absolute atomic E-state index is 12.7. The fourth-order valence-electron chi connectivity index (χ4n) is 3.08. The molecule has 0 unspecified atom stereocenters. The lowest BCUT2D eigenvalue weighted by atomic mass is 9.96. The first-order chi connectivity index (χ1) is 14.2. The van der Waals surface area contributed by atoms with Gasteiger partial charge in [0.25, 0.3) is 5.91 Å². The first kappa shape index (κ1) is 23.8. The molecule has 164 valence electrons. The maximum Gasteiger partial charge on any atom is 0.303 e. The van der Waals surface area contributed by atoms with E-state index in [4.69, 9.17) is 18.9 Å². The lowest BCUT2D eigenvalue weighted by molar-refractivity contribution is -0.259. The van der Waals surface area contributed by atoms with Crippen molar-refractivity contribution in [3.05, 3.63) is 35.9 Å². The van der Waals surface area contributed by atoms with Crippen LogP contribution in [0.25, 0.3) is 0 Å². The number of carbonyl (C=O) groups is 4. The summed E-state index contributed by atoms with van der Waals surface area (Å²) in [7, 11) is 1.37. The smallest absolute Gasteiger partial charge is 0.303 e. The van der Waals surface area contributed by atoms with E-state index in [1.54, 1.807) is 30.3 Å². The Morgan fingerprint density at radius 2 is 1.60 bits per heavy atom. The van der Waals surface area contributed by atoms with Crippen molar-refractivity contribution in [3.8, 4) is 0 Å². The minimum Gasteiger partial charge on any atom is -0.456 e. The van der Waals surface area contributed by atoms with E-state index >= 15 is 0 Å². The Kier molecular flexibility index (Phi) is 8.82. The van der Waals surface area contributed by atoms with Crippen LogP contribution in [0.3, 0.4) is 0 Å². The van der Waals surface area contributed by atoms with Gasteiger partial charge in [0.15, 0.2) is 23.6 Å². The van der Waals surface area contributed by atoms with Crippen molar-refractivity contribution in [2.24, 2.45) is 0 Å². The van der Waals surface area contributed by atoms with Gasteiger partial charge in [0, 0.05) is 39.2 Å². The highest BCUT2D eigenvalue weighted by Gasteiger charge is 2.50. The number of ether oxygens (including phenoxy) is 4. The molecule has 9 nitrogen and oxygen atoms in total. The van der Waals surface area contributed by atoms with Gasteiger partial charge in [0.1, 0.15) is 12.1 Å². The molecule has 0 aliphatic carbocycles. The Labute approximate surface area is 178 Å². The van der Waals surface area contributed by atoms with E-state index in [9.17, 15) is 19.2 Å². The van der Waals surface area contributed by atoms with Gasteiger partial charge in [-0.2, -0.15) is 0 Å². The Morgan fingerprint density at radius 3 is 2.13 bits per heavy atom. The summed E-state index contributed by atoms with van der Waals surface area (Å²) in [6, 6.07) is 7.47. The average Bonchev–Trinajstić information content (AvgIpc) is 2.69. The molecule has 2 rings (SSSR count). The first-order valence-electron chi connectivity index (χ1n) is 9.25. The number of benzene rings is 1. The van der Waals surface area contributed by atoms with E-state index in [1.807, 2.05) is 0 Å². The molecular formula is C20H25NO8S. The van der Waals surface area contributed by atoms with Crippen LogP contribution >= 0.6 is 11.8 Å². The van der Waals surface area contributed by atoms with Gasteiger partial charge < -0.3 is 24.3 Å². The third-order valence-electron chi connectivity index (χ3n) is 4.27. The van der Waals surface area contributed by atoms with Crippen LogP contribution in [-0.2, 0) is 33.3 Å². The number of carbonyl (C=O) groups excluding carboxylic acids is 4. The molecule has 1 aromatic rings. The second-order valence-electron chi connectivity index (χ2n) is 6.59. The topological polar surface area (TPSA) is 117 Å². The Morgan fingerprint density at radius 1 is 1.00 bits per heavy atom. The Balaban J connectivity index is 2.36. The van der Waals surface area contributed by atoms with Crippen LogP contribution in [0.1, 0.15) is 31.1 Å². The highest BCUT2D eigenvalue weighted by Crippen LogP contribution is 2.29. The second-order valence-corrected chi connectivity index (χ2v) is 7.79. The number of hydrogen-bond acceptors (Lipinski definition) is 9. The predicted molar refractivity (Wildman–Crippen MR) is 108 cm³/mol. The fraction of sp³-hybridized carbons (Fsp3) is 0.500. The van der Waals surface area contributed by atoms with E-state index in [1.165, 1.54) is 27.9 Å². The molecule has 0 saturated carbocycles. The summed E-state index contributed by atoms with van der Waals surface area (Å²) >= 11 is 0.975. The Hall–Kier alpha value is -2.43. The van der Waals surface area contributed by atoms with Crippen LogP contribution in [0, 0.1) is 0 Å². The van der Waals surface area contributed by atoms with Crippen molar-refractivity contribution in [1.29, 1.82) is 0 Å². The van der Waals surface area contributed by atoms with Gasteiger partial charge in [-0.15, -0.1) is 0 Å². The number of hydrogen-bond donors (Lipinski definition) is 1. The fourth-order valence-corrected chi connectivity index (χ4v) is 3.75. The number of thioether (sulfide) groups is 1. The van der Waals surface area contributed by atoms with Crippen molar-refractivity contribution < 1.29 is 38.1 Å². The molecule has 1 aliphatic rings. The molecule has 30 heavy (non-hydrogen) atoms. The van der Waals surface area contributed by atoms with Crippen LogP contribution < -0.4 is 5.32 Å². The highest BCUT2D eigenvalue weighted by atomic mass is 32.2. The van der Waals surface area contributed by atoms with Gasteiger partial charge >= 0.3 is 11.9 Å². The molecule has 0 spiro atoms. The molecule has 1 aliphatic heterocycles. The zero-order chi connectivity index (χ0) is 22.3. The van der Waals surface area contributed by atoms with E-state index in [-0.39, 0.29) is 10.9 Å². The minimum atomic E-state index is -1.09. The van der Waals surface area contributed by atoms with Crippen LogP contribution in [0.5, 0.6) is 0 Å². The predicted octanol–water partition coefficient (Wildman–Crippen LogP) is 1.30. The zero-order valence-electron chi connectivity index (χ0n) is 17.2. The molecule has 5 atom stereocenters. The molecular weight excluding hydrogens is 414 g/mol. The van der Waals surface area contributed by atoms with Crippen LogP contribution in [0.2, 0.25) is 0 Å². The number of rotatable bonds is 7. The third kappa shape index (κ3) is 6.54. The zero-order valence-corrected chi connectivity index (χ0v) is 18.0. The number of nitrogens with one attached hydrogen (secondary N) is 1. The maximum atomic E-state index is 12.7. The molecule has 0 aromatic heterocycles. The van der Waals surface area contributed by atoms with Crippen LogP contribution in [0.4, 0.5) is 0 Å². The monoisotopic (exact) mass is 439 g/mol. The largest absolute Gasteiger partial charge is 0.456 e. The molecule has 1 N–H and O–H groups in total. The number of methoxy groups -OCH3 is 1. The molecule has 1 fully saturated rings. The third-order valence-corrected chi connectivity index (χ3v) is 5.17. The second kappa shape index (κ2) is 11.1. The van der Waals surface area contributed by atoms with E-state index < -0.39 is 48.5 Å². The minimum absolute atomic E-state index is 0.143. The highest BCUT2D eigenvalue weighted by molar-refractivity contribution is 8.13. The quantitative estimate of drug-likeness (QED) is 0.627. The molecule has 10 heteroatoms. The van der Waals surface area contributed by atoms with Crippen molar-refractivity contribution in [3.63, 3.8) is 0 Å². The molecule has 1 saturated heterocycles. The molecule has 1 amide bonds. The molecule has 0 bridgehead atoms. The Bertz CT molecular complexity index is 771. The summed E-state index contributed by atoms with van der Waals surface area (Å²) in [6.07, 6.45) is -3.95. The summed E-state index contributed by atoms with van der Waals surface area (Å²) < 4.78 is 22.1. The first-order valence-corrected chi connectivity index (χ1v) is 10.2. The molecule has 1 aromatic carbocycles. The van der Waals surface area contributed by atoms with Gasteiger partial charge in [0.2, 0.25) is 0 Å². The molecule has 1 heterocycles. The normalized spacial score (nSPS) is 25.8.